The fourth-order valence-electron chi connectivity index (χ4n) is 3.56. The molecule has 1 amide bonds. The molecule has 0 fully saturated rings. The fourth-order valence-corrected chi connectivity index (χ4v) is 3.56. The van der Waals surface area contributed by atoms with Gasteiger partial charge in [-0.15, -0.1) is 0 Å². The summed E-state index contributed by atoms with van der Waals surface area (Å²) in [6.07, 6.45) is 1.65. The summed E-state index contributed by atoms with van der Waals surface area (Å²) in [6.45, 7) is 1.70. The first-order valence-corrected chi connectivity index (χ1v) is 8.43. The van der Waals surface area contributed by atoms with E-state index in [4.69, 9.17) is 4.74 Å². The normalized spacial score (nSPS) is 19.0. The monoisotopic (exact) mass is 350 g/mol. The van der Waals surface area contributed by atoms with Crippen LogP contribution in [0.15, 0.2) is 54.7 Å². The number of ether oxygens (including phenoxy) is 1. The number of H-pyrrole nitrogens is 1. The number of carbonyl (C=O) groups is 2. The van der Waals surface area contributed by atoms with Gasteiger partial charge in [-0.25, -0.2) is 0 Å². The lowest BCUT2D eigenvalue weighted by Crippen LogP contribution is -2.43. The number of benzene rings is 2. The summed E-state index contributed by atoms with van der Waals surface area (Å²) in [5.74, 6) is -1.07. The Kier molecular flexibility index (Phi) is 3.77. The molecular formula is C20H18N2O4. The van der Waals surface area contributed by atoms with Crippen LogP contribution in [0.3, 0.4) is 0 Å². The first-order chi connectivity index (χ1) is 12.6. The molecule has 26 heavy (non-hydrogen) atoms. The van der Waals surface area contributed by atoms with E-state index in [1.807, 2.05) is 24.3 Å². The first kappa shape index (κ1) is 16.4. The van der Waals surface area contributed by atoms with E-state index in [0.29, 0.717) is 16.8 Å². The Morgan fingerprint density at radius 2 is 1.88 bits per heavy atom. The van der Waals surface area contributed by atoms with Gasteiger partial charge in [0.1, 0.15) is 6.54 Å². The van der Waals surface area contributed by atoms with Crippen molar-refractivity contribution in [3.63, 3.8) is 0 Å². The number of fused-ring (bicyclic) bond motifs is 2. The number of hydrogen-bond acceptors (Lipinski definition) is 4. The van der Waals surface area contributed by atoms with Gasteiger partial charge in [-0.2, -0.15) is 0 Å². The number of para-hydroxylation sites is 2. The average molecular weight is 350 g/mol. The molecule has 0 aliphatic carbocycles. The summed E-state index contributed by atoms with van der Waals surface area (Å²) < 4.78 is 4.98. The number of aliphatic hydroxyl groups is 1. The summed E-state index contributed by atoms with van der Waals surface area (Å²) in [6, 6.07) is 14.4. The average Bonchev–Trinajstić information content (AvgIpc) is 3.17. The van der Waals surface area contributed by atoms with Crippen LogP contribution in [-0.2, 0) is 19.9 Å². The zero-order valence-electron chi connectivity index (χ0n) is 14.2. The molecule has 2 aromatic carbocycles. The molecule has 0 saturated heterocycles. The highest BCUT2D eigenvalue weighted by molar-refractivity contribution is 6.12. The number of amides is 1. The summed E-state index contributed by atoms with van der Waals surface area (Å²) >= 11 is 0. The van der Waals surface area contributed by atoms with Gasteiger partial charge < -0.3 is 14.8 Å². The third kappa shape index (κ3) is 2.23. The van der Waals surface area contributed by atoms with Crippen LogP contribution >= 0.6 is 0 Å². The van der Waals surface area contributed by atoms with Crippen molar-refractivity contribution in [3.8, 4) is 0 Å². The number of rotatable bonds is 4. The highest BCUT2D eigenvalue weighted by atomic mass is 16.5. The van der Waals surface area contributed by atoms with E-state index in [1.165, 1.54) is 4.90 Å². The molecule has 1 aromatic heterocycles. The van der Waals surface area contributed by atoms with Crippen molar-refractivity contribution in [1.29, 1.82) is 0 Å². The lowest BCUT2D eigenvalue weighted by Gasteiger charge is -2.22. The molecule has 132 valence electrons. The molecule has 4 rings (SSSR count). The maximum Gasteiger partial charge on any atom is 0.326 e. The zero-order chi connectivity index (χ0) is 18.3. The molecule has 1 aliphatic heterocycles. The van der Waals surface area contributed by atoms with Crippen LogP contribution in [0.2, 0.25) is 0 Å². The van der Waals surface area contributed by atoms with Crippen LogP contribution < -0.4 is 4.90 Å². The molecular weight excluding hydrogens is 332 g/mol. The highest BCUT2D eigenvalue weighted by Gasteiger charge is 2.52. The first-order valence-electron chi connectivity index (χ1n) is 8.43. The molecule has 2 N–H and O–H groups in total. The van der Waals surface area contributed by atoms with Gasteiger partial charge in [-0.1, -0.05) is 36.4 Å². The number of aromatic amines is 1. The van der Waals surface area contributed by atoms with Crippen LogP contribution in [0.4, 0.5) is 5.69 Å². The molecule has 0 spiro atoms. The number of nitrogens with zero attached hydrogens (tertiary/aromatic N) is 1. The van der Waals surface area contributed by atoms with Gasteiger partial charge in [0.25, 0.3) is 5.91 Å². The van der Waals surface area contributed by atoms with Crippen LogP contribution in [0.25, 0.3) is 10.9 Å². The second-order valence-corrected chi connectivity index (χ2v) is 6.17. The largest absolute Gasteiger partial charge is 0.465 e. The number of esters is 1. The standard InChI is InChI=1S/C20H18N2O4/c1-2-26-18(23)12-22-17-10-6-4-8-14(17)20(25,19(22)24)15-11-21-16-9-5-3-7-13(15)16/h3-11,21,25H,2,12H2,1H3/t20-/m1/s1. The van der Waals surface area contributed by atoms with E-state index in [2.05, 4.69) is 4.98 Å². The van der Waals surface area contributed by atoms with E-state index in [0.717, 1.165) is 10.9 Å². The van der Waals surface area contributed by atoms with Gasteiger partial charge in [0.15, 0.2) is 5.60 Å². The predicted molar refractivity (Wildman–Crippen MR) is 96.7 cm³/mol. The summed E-state index contributed by atoms with van der Waals surface area (Å²) in [5, 5.41) is 12.3. The second-order valence-electron chi connectivity index (χ2n) is 6.17. The third-order valence-electron chi connectivity index (χ3n) is 4.71. The summed E-state index contributed by atoms with van der Waals surface area (Å²) in [7, 11) is 0. The number of anilines is 1. The molecule has 0 bridgehead atoms. The zero-order valence-corrected chi connectivity index (χ0v) is 14.2. The molecule has 6 heteroatoms. The minimum atomic E-state index is -1.86. The SMILES string of the molecule is CCOC(=O)CN1C(=O)[C@](O)(c2c[nH]c3ccccc23)c2ccccc21. The Morgan fingerprint density at radius 3 is 2.69 bits per heavy atom. The fraction of sp³-hybridized carbons (Fsp3) is 0.200. The van der Waals surface area contributed by atoms with E-state index in [1.54, 1.807) is 37.4 Å². The lowest BCUT2D eigenvalue weighted by atomic mass is 9.87. The number of nitrogens with one attached hydrogen (secondary N) is 1. The Bertz CT molecular complexity index is 1010. The molecule has 0 radical (unpaired) electrons. The van der Waals surface area contributed by atoms with Crippen molar-refractivity contribution >= 4 is 28.5 Å². The number of hydrogen-bond donors (Lipinski definition) is 2. The van der Waals surface area contributed by atoms with E-state index in [9.17, 15) is 14.7 Å². The van der Waals surface area contributed by atoms with Crippen LogP contribution in [0.1, 0.15) is 18.1 Å². The van der Waals surface area contributed by atoms with Crippen LogP contribution in [0.5, 0.6) is 0 Å². The van der Waals surface area contributed by atoms with Crippen molar-refractivity contribution in [2.24, 2.45) is 0 Å². The lowest BCUT2D eigenvalue weighted by molar-refractivity contribution is -0.143. The highest BCUT2D eigenvalue weighted by Crippen LogP contribution is 2.46. The van der Waals surface area contributed by atoms with E-state index < -0.39 is 17.5 Å². The Balaban J connectivity index is 1.86. The Hall–Kier alpha value is -3.12. The molecule has 6 nitrogen and oxygen atoms in total. The van der Waals surface area contributed by atoms with Crippen LogP contribution in [0, 0.1) is 0 Å². The number of aromatic nitrogens is 1. The van der Waals surface area contributed by atoms with Crippen molar-refractivity contribution < 1.29 is 19.4 Å². The van der Waals surface area contributed by atoms with Gasteiger partial charge in [-0.05, 0) is 19.1 Å². The van der Waals surface area contributed by atoms with E-state index >= 15 is 0 Å². The van der Waals surface area contributed by atoms with Crippen molar-refractivity contribution in [1.82, 2.24) is 4.98 Å². The predicted octanol–water partition coefficient (Wildman–Crippen LogP) is 2.31. The topological polar surface area (TPSA) is 82.6 Å². The van der Waals surface area contributed by atoms with Gasteiger partial charge in [-0.3, -0.25) is 14.5 Å². The van der Waals surface area contributed by atoms with Gasteiger partial charge in [0.05, 0.1) is 12.3 Å². The molecule has 1 atom stereocenters. The molecule has 3 aromatic rings. The Morgan fingerprint density at radius 1 is 1.15 bits per heavy atom. The van der Waals surface area contributed by atoms with Crippen molar-refractivity contribution in [2.45, 2.75) is 12.5 Å². The Labute approximate surface area is 150 Å². The molecule has 1 aliphatic rings. The smallest absolute Gasteiger partial charge is 0.326 e. The van der Waals surface area contributed by atoms with Gasteiger partial charge in [0.2, 0.25) is 0 Å². The second kappa shape index (κ2) is 6.00. The van der Waals surface area contributed by atoms with Crippen molar-refractivity contribution in [2.75, 3.05) is 18.1 Å². The third-order valence-corrected chi connectivity index (χ3v) is 4.71. The van der Waals surface area contributed by atoms with Crippen LogP contribution in [-0.4, -0.2) is 35.1 Å². The maximum atomic E-state index is 13.2. The molecule has 0 unspecified atom stereocenters. The minimum Gasteiger partial charge on any atom is -0.465 e. The van der Waals surface area contributed by atoms with Crippen molar-refractivity contribution in [3.05, 3.63) is 65.9 Å². The molecule has 2 heterocycles. The minimum absolute atomic E-state index is 0.231. The summed E-state index contributed by atoms with van der Waals surface area (Å²) in [4.78, 5) is 29.6. The van der Waals surface area contributed by atoms with E-state index in [-0.39, 0.29) is 13.2 Å². The molecule has 0 saturated carbocycles. The van der Waals surface area contributed by atoms with Gasteiger partial charge in [0, 0.05) is 28.2 Å². The summed E-state index contributed by atoms with van der Waals surface area (Å²) in [5.41, 5.74) is 0.405. The quantitative estimate of drug-likeness (QED) is 0.708. The maximum absolute atomic E-state index is 13.2. The van der Waals surface area contributed by atoms with Gasteiger partial charge >= 0.3 is 5.97 Å². The number of carbonyl (C=O) groups excluding carboxylic acids is 2.